The SMILES string of the molecule is CC(C)(C)OC(=O)NNc1nccc(Oc2ccc(N)cc2F)c1CO. The molecule has 0 aliphatic heterocycles. The maximum Gasteiger partial charge on any atom is 0.426 e. The van der Waals surface area contributed by atoms with Crippen molar-refractivity contribution in [1.82, 2.24) is 10.4 Å². The Morgan fingerprint density at radius 3 is 2.65 bits per heavy atom. The molecule has 0 aliphatic rings. The van der Waals surface area contributed by atoms with Crippen molar-refractivity contribution in [2.24, 2.45) is 0 Å². The molecule has 1 heterocycles. The Hall–Kier alpha value is -3.07. The van der Waals surface area contributed by atoms with Gasteiger partial charge in [0.1, 0.15) is 11.4 Å². The number of hydrazine groups is 1. The second-order valence-corrected chi connectivity index (χ2v) is 6.34. The molecule has 0 unspecified atom stereocenters. The number of anilines is 2. The summed E-state index contributed by atoms with van der Waals surface area (Å²) in [6, 6.07) is 5.44. The fourth-order valence-corrected chi connectivity index (χ4v) is 1.96. The topological polar surface area (TPSA) is 119 Å². The summed E-state index contributed by atoms with van der Waals surface area (Å²) in [5, 5.41) is 9.62. The van der Waals surface area contributed by atoms with Gasteiger partial charge in [0, 0.05) is 18.0 Å². The second kappa shape index (κ2) is 7.87. The Bertz CT molecular complexity index is 793. The highest BCUT2D eigenvalue weighted by molar-refractivity contribution is 5.70. The van der Waals surface area contributed by atoms with Crippen molar-refractivity contribution in [2.75, 3.05) is 11.2 Å². The molecule has 0 atom stereocenters. The van der Waals surface area contributed by atoms with Gasteiger partial charge in [-0.05, 0) is 39.0 Å². The number of ether oxygens (including phenoxy) is 2. The average molecular weight is 364 g/mol. The number of nitrogen functional groups attached to an aromatic ring is 1. The number of carbonyl (C=O) groups is 1. The van der Waals surface area contributed by atoms with Gasteiger partial charge in [0.2, 0.25) is 0 Å². The zero-order chi connectivity index (χ0) is 19.3. The summed E-state index contributed by atoms with van der Waals surface area (Å²) in [6.07, 6.45) is 0.655. The number of nitrogens with two attached hydrogens (primary N) is 1. The van der Waals surface area contributed by atoms with Crippen molar-refractivity contribution >= 4 is 17.6 Å². The number of nitrogens with zero attached hydrogens (tertiary/aromatic N) is 1. The number of aliphatic hydroxyl groups is 1. The number of hydrogen-bond donors (Lipinski definition) is 4. The van der Waals surface area contributed by atoms with E-state index in [9.17, 15) is 14.3 Å². The van der Waals surface area contributed by atoms with Gasteiger partial charge in [-0.3, -0.25) is 5.43 Å². The van der Waals surface area contributed by atoms with Crippen molar-refractivity contribution in [1.29, 1.82) is 0 Å². The van der Waals surface area contributed by atoms with Crippen LogP contribution in [-0.2, 0) is 11.3 Å². The Morgan fingerprint density at radius 1 is 1.31 bits per heavy atom. The van der Waals surface area contributed by atoms with Gasteiger partial charge in [-0.2, -0.15) is 0 Å². The lowest BCUT2D eigenvalue weighted by molar-refractivity contribution is 0.0540. The van der Waals surface area contributed by atoms with E-state index in [1.807, 2.05) is 0 Å². The lowest BCUT2D eigenvalue weighted by Crippen LogP contribution is -2.36. The van der Waals surface area contributed by atoms with Crippen LogP contribution in [0.1, 0.15) is 26.3 Å². The molecule has 1 aromatic carbocycles. The zero-order valence-electron chi connectivity index (χ0n) is 14.7. The first-order valence-corrected chi connectivity index (χ1v) is 7.76. The van der Waals surface area contributed by atoms with Gasteiger partial charge in [-0.15, -0.1) is 0 Å². The van der Waals surface area contributed by atoms with E-state index in [4.69, 9.17) is 15.2 Å². The first kappa shape index (κ1) is 19.3. The number of benzene rings is 1. The van der Waals surface area contributed by atoms with Crippen molar-refractivity contribution < 1.29 is 23.8 Å². The predicted octanol–water partition coefficient (Wildman–Crippen LogP) is 2.94. The molecule has 2 aromatic rings. The molecular weight excluding hydrogens is 343 g/mol. The normalized spacial score (nSPS) is 11.0. The van der Waals surface area contributed by atoms with Crippen LogP contribution in [0.2, 0.25) is 0 Å². The number of halogens is 1. The lowest BCUT2D eigenvalue weighted by atomic mass is 10.2. The largest absolute Gasteiger partial charge is 0.454 e. The minimum Gasteiger partial charge on any atom is -0.454 e. The molecule has 0 spiro atoms. The fourth-order valence-electron chi connectivity index (χ4n) is 1.96. The first-order chi connectivity index (χ1) is 12.2. The minimum atomic E-state index is -0.723. The zero-order valence-corrected chi connectivity index (χ0v) is 14.7. The van der Waals surface area contributed by atoms with E-state index in [0.717, 1.165) is 6.07 Å². The molecular formula is C17H21FN4O4. The highest BCUT2D eigenvalue weighted by Gasteiger charge is 2.17. The number of rotatable bonds is 5. The third kappa shape index (κ3) is 5.21. The summed E-state index contributed by atoms with van der Waals surface area (Å²) in [5.74, 6) is -0.412. The fraction of sp³-hybridized carbons (Fsp3) is 0.294. The molecule has 2 rings (SSSR count). The molecule has 9 heteroatoms. The van der Waals surface area contributed by atoms with Gasteiger partial charge in [-0.1, -0.05) is 0 Å². The van der Waals surface area contributed by atoms with Crippen molar-refractivity contribution in [2.45, 2.75) is 33.0 Å². The standard InChI is InChI=1S/C17H21FN4O4/c1-17(2,3)26-16(24)22-21-15-11(9-23)13(6-7-20-15)25-14-5-4-10(19)8-12(14)18/h4-8,23H,9,19H2,1-3H3,(H,20,21)(H,22,24). The van der Waals surface area contributed by atoms with Crippen LogP contribution in [0.15, 0.2) is 30.5 Å². The Kier molecular flexibility index (Phi) is 5.83. The van der Waals surface area contributed by atoms with E-state index in [-0.39, 0.29) is 28.6 Å². The summed E-state index contributed by atoms with van der Waals surface area (Å²) in [5.41, 5.74) is 10.2. The highest BCUT2D eigenvalue weighted by Crippen LogP contribution is 2.31. The van der Waals surface area contributed by atoms with E-state index in [0.29, 0.717) is 0 Å². The predicted molar refractivity (Wildman–Crippen MR) is 94.0 cm³/mol. The van der Waals surface area contributed by atoms with E-state index >= 15 is 0 Å². The second-order valence-electron chi connectivity index (χ2n) is 6.34. The summed E-state index contributed by atoms with van der Waals surface area (Å²) < 4.78 is 24.5. The first-order valence-electron chi connectivity index (χ1n) is 7.76. The number of aromatic nitrogens is 1. The monoisotopic (exact) mass is 364 g/mol. The van der Waals surface area contributed by atoms with E-state index < -0.39 is 24.1 Å². The number of aliphatic hydroxyl groups excluding tert-OH is 1. The van der Waals surface area contributed by atoms with E-state index in [1.54, 1.807) is 20.8 Å². The van der Waals surface area contributed by atoms with Gasteiger partial charge in [0.15, 0.2) is 17.4 Å². The molecule has 8 nitrogen and oxygen atoms in total. The van der Waals surface area contributed by atoms with Crippen LogP contribution >= 0.6 is 0 Å². The highest BCUT2D eigenvalue weighted by atomic mass is 19.1. The number of nitrogens with one attached hydrogen (secondary N) is 2. The third-order valence-corrected chi connectivity index (χ3v) is 3.03. The van der Waals surface area contributed by atoms with Gasteiger partial charge < -0.3 is 20.3 Å². The Balaban J connectivity index is 2.17. The summed E-state index contributed by atoms with van der Waals surface area (Å²) in [4.78, 5) is 15.7. The van der Waals surface area contributed by atoms with E-state index in [1.165, 1.54) is 24.4 Å². The van der Waals surface area contributed by atoms with Crippen LogP contribution in [-0.4, -0.2) is 21.8 Å². The van der Waals surface area contributed by atoms with E-state index in [2.05, 4.69) is 15.8 Å². The summed E-state index contributed by atoms with van der Waals surface area (Å²) in [7, 11) is 0. The minimum absolute atomic E-state index is 0.0637. The molecule has 1 aromatic heterocycles. The molecule has 0 bridgehead atoms. The molecule has 1 amide bonds. The molecule has 0 fully saturated rings. The summed E-state index contributed by atoms with van der Waals surface area (Å²) in [6.45, 7) is 4.71. The number of carbonyl (C=O) groups excluding carboxylic acids is 1. The van der Waals surface area contributed by atoms with Crippen LogP contribution in [0.25, 0.3) is 0 Å². The van der Waals surface area contributed by atoms with Gasteiger partial charge in [-0.25, -0.2) is 19.6 Å². The van der Waals surface area contributed by atoms with Crippen LogP contribution in [0, 0.1) is 5.82 Å². The maximum atomic E-state index is 13.9. The molecule has 140 valence electrons. The van der Waals surface area contributed by atoms with Gasteiger partial charge in [0.25, 0.3) is 0 Å². The molecule has 0 saturated heterocycles. The number of amides is 1. The lowest BCUT2D eigenvalue weighted by Gasteiger charge is -2.20. The van der Waals surface area contributed by atoms with Crippen molar-refractivity contribution in [3.63, 3.8) is 0 Å². The Morgan fingerprint density at radius 2 is 2.04 bits per heavy atom. The maximum absolute atomic E-state index is 13.9. The van der Waals surface area contributed by atoms with Crippen LogP contribution < -0.4 is 21.3 Å². The third-order valence-electron chi connectivity index (χ3n) is 3.03. The smallest absolute Gasteiger partial charge is 0.426 e. The molecule has 26 heavy (non-hydrogen) atoms. The molecule has 0 aliphatic carbocycles. The van der Waals surface area contributed by atoms with Crippen LogP contribution in [0.4, 0.5) is 20.7 Å². The average Bonchev–Trinajstić information content (AvgIpc) is 2.54. The number of hydrogen-bond acceptors (Lipinski definition) is 7. The number of pyridine rings is 1. The Labute approximate surface area is 150 Å². The van der Waals surface area contributed by atoms with Gasteiger partial charge in [0.05, 0.1) is 12.2 Å². The van der Waals surface area contributed by atoms with Crippen LogP contribution in [0.5, 0.6) is 11.5 Å². The van der Waals surface area contributed by atoms with Crippen LogP contribution in [0.3, 0.4) is 0 Å². The van der Waals surface area contributed by atoms with Gasteiger partial charge >= 0.3 is 6.09 Å². The molecule has 5 N–H and O–H groups in total. The van der Waals surface area contributed by atoms with Crippen molar-refractivity contribution in [3.8, 4) is 11.5 Å². The van der Waals surface area contributed by atoms with Crippen molar-refractivity contribution in [3.05, 3.63) is 41.8 Å². The summed E-state index contributed by atoms with van der Waals surface area (Å²) >= 11 is 0. The molecule has 0 radical (unpaired) electrons. The quantitative estimate of drug-likeness (QED) is 0.476. The molecule has 0 saturated carbocycles.